The molecule has 1 aliphatic heterocycles. The number of carbonyl (C=O) groups is 1. The van der Waals surface area contributed by atoms with E-state index in [1.54, 1.807) is 6.07 Å². The number of hydrogen-bond donors (Lipinski definition) is 2. The summed E-state index contributed by atoms with van der Waals surface area (Å²) in [5.41, 5.74) is 1.52. The number of aryl methyl sites for hydroxylation is 1. The largest absolute Gasteiger partial charge is 0.478 e. The van der Waals surface area contributed by atoms with Crippen LogP contribution in [0, 0.1) is 6.92 Å². The maximum Gasteiger partial charge on any atom is 0.337 e. The average molecular weight is 249 g/mol. The van der Waals surface area contributed by atoms with Gasteiger partial charge in [-0.2, -0.15) is 0 Å². The Morgan fingerprint density at radius 1 is 1.33 bits per heavy atom. The van der Waals surface area contributed by atoms with E-state index in [2.05, 4.69) is 4.90 Å². The highest BCUT2D eigenvalue weighted by atomic mass is 16.4. The monoisotopic (exact) mass is 249 g/mol. The Morgan fingerprint density at radius 2 is 1.94 bits per heavy atom. The Hall–Kier alpha value is -1.55. The van der Waals surface area contributed by atoms with Crippen LogP contribution in [-0.2, 0) is 0 Å². The number of benzene rings is 1. The molecular weight excluding hydrogens is 230 g/mol. The predicted octanol–water partition coefficient (Wildman–Crippen LogP) is 2.04. The van der Waals surface area contributed by atoms with Crippen LogP contribution in [0.3, 0.4) is 0 Å². The Bertz CT molecular complexity index is 458. The summed E-state index contributed by atoms with van der Waals surface area (Å²) < 4.78 is 0. The molecule has 0 amide bonds. The van der Waals surface area contributed by atoms with Crippen molar-refractivity contribution in [3.05, 3.63) is 29.3 Å². The predicted molar refractivity (Wildman–Crippen MR) is 70.2 cm³/mol. The number of piperidine rings is 1. The van der Waals surface area contributed by atoms with E-state index >= 15 is 0 Å². The van der Waals surface area contributed by atoms with E-state index in [1.807, 2.05) is 26.0 Å². The van der Waals surface area contributed by atoms with Gasteiger partial charge < -0.3 is 15.1 Å². The first-order valence-electron chi connectivity index (χ1n) is 6.20. The molecule has 1 aliphatic rings. The van der Waals surface area contributed by atoms with Crippen molar-refractivity contribution in [3.63, 3.8) is 0 Å². The summed E-state index contributed by atoms with van der Waals surface area (Å²) in [6.45, 7) is 5.17. The minimum Gasteiger partial charge on any atom is -0.478 e. The highest BCUT2D eigenvalue weighted by molar-refractivity contribution is 5.94. The second-order valence-electron chi connectivity index (χ2n) is 5.31. The van der Waals surface area contributed by atoms with Crippen molar-refractivity contribution in [3.8, 4) is 0 Å². The number of rotatable bonds is 2. The normalized spacial score (nSPS) is 18.7. The topological polar surface area (TPSA) is 60.8 Å². The Labute approximate surface area is 107 Å². The van der Waals surface area contributed by atoms with Crippen LogP contribution in [0.15, 0.2) is 18.2 Å². The molecule has 0 bridgehead atoms. The second kappa shape index (κ2) is 4.61. The van der Waals surface area contributed by atoms with E-state index in [1.165, 1.54) is 0 Å². The van der Waals surface area contributed by atoms with Gasteiger partial charge >= 0.3 is 5.97 Å². The SMILES string of the molecule is Cc1ccc(C(=O)O)c(N2CCC(C)(O)CC2)c1. The zero-order valence-corrected chi connectivity index (χ0v) is 10.8. The Balaban J connectivity index is 2.28. The lowest BCUT2D eigenvalue weighted by atomic mass is 9.93. The van der Waals surface area contributed by atoms with Gasteiger partial charge in [0.1, 0.15) is 0 Å². The standard InChI is InChI=1S/C14H19NO3/c1-10-3-4-11(13(16)17)12(9-10)15-7-5-14(2,18)6-8-15/h3-4,9,18H,5-8H2,1-2H3,(H,16,17). The van der Waals surface area contributed by atoms with Gasteiger partial charge in [0, 0.05) is 13.1 Å². The fourth-order valence-electron chi connectivity index (χ4n) is 2.31. The molecule has 1 heterocycles. The maximum atomic E-state index is 11.2. The number of hydrogen-bond acceptors (Lipinski definition) is 3. The number of anilines is 1. The molecule has 0 spiro atoms. The summed E-state index contributed by atoms with van der Waals surface area (Å²) >= 11 is 0. The van der Waals surface area contributed by atoms with Gasteiger partial charge in [-0.25, -0.2) is 4.79 Å². The van der Waals surface area contributed by atoms with Gasteiger partial charge in [-0.1, -0.05) is 6.07 Å². The van der Waals surface area contributed by atoms with Gasteiger partial charge in [-0.3, -0.25) is 0 Å². The lowest BCUT2D eigenvalue weighted by molar-refractivity contribution is 0.0351. The molecule has 98 valence electrons. The smallest absolute Gasteiger partial charge is 0.337 e. The number of carboxylic acids is 1. The van der Waals surface area contributed by atoms with Crippen molar-refractivity contribution < 1.29 is 15.0 Å². The van der Waals surface area contributed by atoms with Crippen molar-refractivity contribution >= 4 is 11.7 Å². The van der Waals surface area contributed by atoms with E-state index < -0.39 is 11.6 Å². The van der Waals surface area contributed by atoms with Gasteiger partial charge in [-0.05, 0) is 44.4 Å². The highest BCUT2D eigenvalue weighted by Gasteiger charge is 2.28. The minimum atomic E-state index is -0.901. The van der Waals surface area contributed by atoms with Crippen molar-refractivity contribution in [2.45, 2.75) is 32.3 Å². The zero-order chi connectivity index (χ0) is 13.3. The Morgan fingerprint density at radius 3 is 2.50 bits per heavy atom. The lowest BCUT2D eigenvalue weighted by Crippen LogP contribution is -2.43. The van der Waals surface area contributed by atoms with E-state index in [0.717, 1.165) is 11.3 Å². The number of aromatic carboxylic acids is 1. The number of nitrogens with zero attached hydrogens (tertiary/aromatic N) is 1. The lowest BCUT2D eigenvalue weighted by Gasteiger charge is -2.37. The van der Waals surface area contributed by atoms with Crippen molar-refractivity contribution in [1.82, 2.24) is 0 Å². The first-order chi connectivity index (χ1) is 8.39. The van der Waals surface area contributed by atoms with Gasteiger partial charge in [0.2, 0.25) is 0 Å². The van der Waals surface area contributed by atoms with Crippen molar-refractivity contribution in [1.29, 1.82) is 0 Å². The summed E-state index contributed by atoms with van der Waals surface area (Å²) in [4.78, 5) is 13.3. The van der Waals surface area contributed by atoms with Gasteiger partial charge in [-0.15, -0.1) is 0 Å². The summed E-state index contributed by atoms with van der Waals surface area (Å²) in [7, 11) is 0. The van der Waals surface area contributed by atoms with E-state index in [0.29, 0.717) is 31.5 Å². The molecule has 2 N–H and O–H groups in total. The summed E-state index contributed by atoms with van der Waals surface area (Å²) in [6, 6.07) is 5.37. The van der Waals surface area contributed by atoms with Crippen LogP contribution in [0.1, 0.15) is 35.7 Å². The van der Waals surface area contributed by atoms with Crippen molar-refractivity contribution in [2.75, 3.05) is 18.0 Å². The fourth-order valence-corrected chi connectivity index (χ4v) is 2.31. The average Bonchev–Trinajstić information content (AvgIpc) is 2.28. The third-order valence-electron chi connectivity index (χ3n) is 3.56. The summed E-state index contributed by atoms with van der Waals surface area (Å²) in [5.74, 6) is -0.901. The molecule has 1 aromatic rings. The molecule has 4 nitrogen and oxygen atoms in total. The van der Waals surface area contributed by atoms with Crippen molar-refractivity contribution in [2.24, 2.45) is 0 Å². The zero-order valence-electron chi connectivity index (χ0n) is 10.8. The first-order valence-corrected chi connectivity index (χ1v) is 6.20. The summed E-state index contributed by atoms with van der Waals surface area (Å²) in [5, 5.41) is 19.1. The summed E-state index contributed by atoms with van der Waals surface area (Å²) in [6.07, 6.45) is 1.33. The number of carboxylic acid groups (broad SMARTS) is 1. The third kappa shape index (κ3) is 2.64. The van der Waals surface area contributed by atoms with E-state index in [9.17, 15) is 15.0 Å². The highest BCUT2D eigenvalue weighted by Crippen LogP contribution is 2.29. The van der Waals surface area contributed by atoms with Crippen LogP contribution in [-0.4, -0.2) is 34.9 Å². The van der Waals surface area contributed by atoms with E-state index in [-0.39, 0.29) is 0 Å². The van der Waals surface area contributed by atoms with Crippen LogP contribution in [0.5, 0.6) is 0 Å². The van der Waals surface area contributed by atoms with Crippen LogP contribution >= 0.6 is 0 Å². The molecule has 1 fully saturated rings. The quantitative estimate of drug-likeness (QED) is 0.842. The number of aliphatic hydroxyl groups is 1. The molecule has 0 aromatic heterocycles. The van der Waals surface area contributed by atoms with Crippen LogP contribution in [0.25, 0.3) is 0 Å². The second-order valence-corrected chi connectivity index (χ2v) is 5.31. The molecule has 18 heavy (non-hydrogen) atoms. The molecule has 0 unspecified atom stereocenters. The molecule has 0 saturated carbocycles. The third-order valence-corrected chi connectivity index (χ3v) is 3.56. The van der Waals surface area contributed by atoms with E-state index in [4.69, 9.17) is 0 Å². The van der Waals surface area contributed by atoms with Crippen LogP contribution < -0.4 is 4.90 Å². The molecule has 1 saturated heterocycles. The Kier molecular flexibility index (Phi) is 3.30. The molecule has 0 aliphatic carbocycles. The molecule has 0 atom stereocenters. The molecule has 0 radical (unpaired) electrons. The van der Waals surface area contributed by atoms with Crippen LogP contribution in [0.4, 0.5) is 5.69 Å². The molecule has 4 heteroatoms. The van der Waals surface area contributed by atoms with Gasteiger partial charge in [0.05, 0.1) is 16.9 Å². The van der Waals surface area contributed by atoms with Gasteiger partial charge in [0.15, 0.2) is 0 Å². The van der Waals surface area contributed by atoms with Gasteiger partial charge in [0.25, 0.3) is 0 Å². The maximum absolute atomic E-state index is 11.2. The molecule has 2 rings (SSSR count). The molecular formula is C14H19NO3. The molecule has 1 aromatic carbocycles. The first kappa shape index (κ1) is 12.9. The van der Waals surface area contributed by atoms with Crippen LogP contribution in [0.2, 0.25) is 0 Å². The fraction of sp³-hybridized carbons (Fsp3) is 0.500. The minimum absolute atomic E-state index is 0.335.